The molecule has 7 nitrogen and oxygen atoms in total. The quantitative estimate of drug-likeness (QED) is 0.624. The molecule has 4 rings (SSSR count). The van der Waals surface area contributed by atoms with Crippen LogP contribution in [-0.2, 0) is 0 Å². The second-order valence-electron chi connectivity index (χ2n) is 7.30. The zero-order valence-electron chi connectivity index (χ0n) is 17.4. The van der Waals surface area contributed by atoms with Crippen molar-refractivity contribution in [3.63, 3.8) is 0 Å². The van der Waals surface area contributed by atoms with Crippen molar-refractivity contribution in [2.24, 2.45) is 0 Å². The van der Waals surface area contributed by atoms with Crippen LogP contribution in [0.1, 0.15) is 17.3 Å². The van der Waals surface area contributed by atoms with Crippen LogP contribution >= 0.6 is 0 Å². The number of hydrogen-bond acceptors (Lipinski definition) is 6. The molecule has 1 aliphatic heterocycles. The fourth-order valence-corrected chi connectivity index (χ4v) is 3.57. The third-order valence-corrected chi connectivity index (χ3v) is 5.19. The zero-order chi connectivity index (χ0) is 21.8. The van der Waals surface area contributed by atoms with E-state index in [-0.39, 0.29) is 17.8 Å². The Morgan fingerprint density at radius 3 is 2.58 bits per heavy atom. The molecule has 0 spiro atoms. The highest BCUT2D eigenvalue weighted by molar-refractivity contribution is 5.94. The minimum Gasteiger partial charge on any atom is -0.497 e. The summed E-state index contributed by atoms with van der Waals surface area (Å²) in [7, 11) is 1.60. The van der Waals surface area contributed by atoms with E-state index in [1.807, 2.05) is 25.1 Å². The molecule has 1 amide bonds. The summed E-state index contributed by atoms with van der Waals surface area (Å²) >= 11 is 0. The lowest BCUT2D eigenvalue weighted by Gasteiger charge is -2.40. The van der Waals surface area contributed by atoms with Crippen LogP contribution in [0, 0.1) is 5.82 Å². The summed E-state index contributed by atoms with van der Waals surface area (Å²) in [6, 6.07) is 14.7. The highest BCUT2D eigenvalue weighted by Gasteiger charge is 2.29. The summed E-state index contributed by atoms with van der Waals surface area (Å²) in [6.07, 6.45) is 1.46. The number of piperazine rings is 1. The number of aromatic nitrogens is 2. The molecule has 1 aromatic heterocycles. The van der Waals surface area contributed by atoms with Gasteiger partial charge in [-0.25, -0.2) is 14.4 Å². The van der Waals surface area contributed by atoms with Gasteiger partial charge < -0.3 is 19.3 Å². The molecule has 2 aromatic carbocycles. The molecule has 0 radical (unpaired) electrons. The van der Waals surface area contributed by atoms with Gasteiger partial charge in [0.2, 0.25) is 5.88 Å². The fraction of sp³-hybridized carbons (Fsp3) is 0.261. The van der Waals surface area contributed by atoms with Crippen LogP contribution in [0.5, 0.6) is 17.4 Å². The molecule has 0 unspecified atom stereocenters. The molecule has 1 atom stereocenters. The van der Waals surface area contributed by atoms with E-state index < -0.39 is 0 Å². The maximum atomic E-state index is 13.2. The van der Waals surface area contributed by atoms with Gasteiger partial charge >= 0.3 is 0 Å². The highest BCUT2D eigenvalue weighted by Crippen LogP contribution is 2.26. The maximum Gasteiger partial charge on any atom is 0.254 e. The Morgan fingerprint density at radius 2 is 1.84 bits per heavy atom. The highest BCUT2D eigenvalue weighted by atomic mass is 19.1. The van der Waals surface area contributed by atoms with Gasteiger partial charge in [-0.2, -0.15) is 0 Å². The molecular weight excluding hydrogens is 399 g/mol. The van der Waals surface area contributed by atoms with Crippen LogP contribution in [0.15, 0.2) is 60.9 Å². The van der Waals surface area contributed by atoms with Crippen molar-refractivity contribution in [3.8, 4) is 17.4 Å². The van der Waals surface area contributed by atoms with E-state index >= 15 is 0 Å². The first kappa shape index (κ1) is 20.6. The number of rotatable bonds is 5. The van der Waals surface area contributed by atoms with E-state index in [1.165, 1.54) is 30.6 Å². The largest absolute Gasteiger partial charge is 0.497 e. The molecule has 0 aliphatic carbocycles. The summed E-state index contributed by atoms with van der Waals surface area (Å²) in [5, 5.41) is 0. The topological polar surface area (TPSA) is 67.8 Å². The van der Waals surface area contributed by atoms with Crippen LogP contribution < -0.4 is 14.4 Å². The van der Waals surface area contributed by atoms with Gasteiger partial charge in [0, 0.05) is 43.4 Å². The molecule has 0 N–H and O–H groups in total. The predicted octanol–water partition coefficient (Wildman–Crippen LogP) is 3.77. The third-order valence-electron chi connectivity index (χ3n) is 5.19. The van der Waals surface area contributed by atoms with Crippen molar-refractivity contribution in [2.75, 3.05) is 31.6 Å². The van der Waals surface area contributed by atoms with Gasteiger partial charge in [0.25, 0.3) is 5.91 Å². The van der Waals surface area contributed by atoms with E-state index in [1.54, 1.807) is 24.1 Å². The van der Waals surface area contributed by atoms with Gasteiger partial charge in [0.05, 0.1) is 7.11 Å². The van der Waals surface area contributed by atoms with Crippen molar-refractivity contribution < 1.29 is 18.7 Å². The number of nitrogens with zero attached hydrogens (tertiary/aromatic N) is 4. The van der Waals surface area contributed by atoms with Gasteiger partial charge in [0.15, 0.2) is 0 Å². The minimum atomic E-state index is -0.356. The minimum absolute atomic E-state index is 0.0379. The number of benzene rings is 2. The Kier molecular flexibility index (Phi) is 5.97. The van der Waals surface area contributed by atoms with Gasteiger partial charge in [0.1, 0.15) is 29.5 Å². The Hall–Kier alpha value is -3.68. The molecule has 0 bridgehead atoms. The van der Waals surface area contributed by atoms with E-state index in [0.29, 0.717) is 42.6 Å². The number of amides is 1. The molecule has 2 heterocycles. The lowest BCUT2D eigenvalue weighted by molar-refractivity contribution is 0.0673. The molecule has 1 saturated heterocycles. The lowest BCUT2D eigenvalue weighted by Crippen LogP contribution is -2.54. The number of carbonyl (C=O) groups excluding carboxylic acids is 1. The third kappa shape index (κ3) is 4.74. The van der Waals surface area contributed by atoms with E-state index in [9.17, 15) is 9.18 Å². The van der Waals surface area contributed by atoms with E-state index in [4.69, 9.17) is 9.47 Å². The predicted molar refractivity (Wildman–Crippen MR) is 114 cm³/mol. The number of methoxy groups -OCH3 is 1. The summed E-state index contributed by atoms with van der Waals surface area (Å²) in [4.78, 5) is 25.3. The van der Waals surface area contributed by atoms with Crippen molar-refractivity contribution in [1.82, 2.24) is 14.9 Å². The van der Waals surface area contributed by atoms with Gasteiger partial charge in [-0.15, -0.1) is 0 Å². The Balaban J connectivity index is 1.43. The number of halogens is 1. The standard InChI is InChI=1S/C23H23FN4O3/c1-16-14-27(10-11-28(16)23(29)17-6-8-18(24)9-7-17)21-13-22(26-15-25-21)31-20-5-3-4-19(12-20)30-2/h3-9,12-13,15-16H,10-11,14H2,1-2H3/t16-/m1/s1. The first-order chi connectivity index (χ1) is 15.0. The fourth-order valence-electron chi connectivity index (χ4n) is 3.57. The number of anilines is 1. The Morgan fingerprint density at radius 1 is 1.06 bits per heavy atom. The molecule has 1 fully saturated rings. The lowest BCUT2D eigenvalue weighted by atomic mass is 10.1. The zero-order valence-corrected chi connectivity index (χ0v) is 17.4. The van der Waals surface area contributed by atoms with E-state index in [2.05, 4.69) is 14.9 Å². The van der Waals surface area contributed by atoms with E-state index in [0.717, 1.165) is 5.82 Å². The summed E-state index contributed by atoms with van der Waals surface area (Å²) < 4.78 is 24.2. The first-order valence-electron chi connectivity index (χ1n) is 9.99. The Labute approximate surface area is 180 Å². The molecule has 160 valence electrons. The maximum absolute atomic E-state index is 13.2. The number of carbonyl (C=O) groups is 1. The summed E-state index contributed by atoms with van der Waals surface area (Å²) in [5.74, 6) is 2.01. The monoisotopic (exact) mass is 422 g/mol. The molecule has 3 aromatic rings. The molecule has 0 saturated carbocycles. The molecule has 1 aliphatic rings. The average molecular weight is 422 g/mol. The number of ether oxygens (including phenoxy) is 2. The van der Waals surface area contributed by atoms with Crippen molar-refractivity contribution in [2.45, 2.75) is 13.0 Å². The van der Waals surface area contributed by atoms with Crippen molar-refractivity contribution in [1.29, 1.82) is 0 Å². The van der Waals surface area contributed by atoms with Crippen molar-refractivity contribution in [3.05, 3.63) is 72.3 Å². The molecule has 8 heteroatoms. The second kappa shape index (κ2) is 8.99. The van der Waals surface area contributed by atoms with Gasteiger partial charge in [-0.1, -0.05) is 6.07 Å². The van der Waals surface area contributed by atoms with Crippen molar-refractivity contribution >= 4 is 11.7 Å². The summed E-state index contributed by atoms with van der Waals surface area (Å²) in [6.45, 7) is 3.76. The molecular formula is C23H23FN4O3. The second-order valence-corrected chi connectivity index (χ2v) is 7.30. The van der Waals surface area contributed by atoms with Crippen LogP contribution in [0.3, 0.4) is 0 Å². The smallest absolute Gasteiger partial charge is 0.254 e. The van der Waals surface area contributed by atoms with Gasteiger partial charge in [-0.05, 0) is 43.3 Å². The SMILES string of the molecule is COc1cccc(Oc2cc(N3CCN(C(=O)c4ccc(F)cc4)[C@H](C)C3)ncn2)c1. The first-order valence-corrected chi connectivity index (χ1v) is 9.99. The van der Waals surface area contributed by atoms with Crippen LogP contribution in [0.4, 0.5) is 10.2 Å². The van der Waals surface area contributed by atoms with Crippen LogP contribution in [-0.4, -0.2) is 53.6 Å². The summed E-state index contributed by atoms with van der Waals surface area (Å²) in [5.41, 5.74) is 0.484. The Bertz CT molecular complexity index is 1060. The normalized spacial score (nSPS) is 16.2. The van der Waals surface area contributed by atoms with Gasteiger partial charge in [-0.3, -0.25) is 4.79 Å². The number of hydrogen-bond donors (Lipinski definition) is 0. The molecule has 31 heavy (non-hydrogen) atoms. The van der Waals surface area contributed by atoms with Crippen LogP contribution in [0.2, 0.25) is 0 Å². The van der Waals surface area contributed by atoms with Crippen LogP contribution in [0.25, 0.3) is 0 Å². The average Bonchev–Trinajstić information content (AvgIpc) is 2.79.